The molecular formula is C17H18N4O. The lowest BCUT2D eigenvalue weighted by molar-refractivity contribution is 0.412. The first-order chi connectivity index (χ1) is 10.7. The topological polar surface area (TPSA) is 62.0 Å². The van der Waals surface area contributed by atoms with Gasteiger partial charge in [0.15, 0.2) is 0 Å². The van der Waals surface area contributed by atoms with Crippen molar-refractivity contribution in [1.29, 1.82) is 5.26 Å². The lowest BCUT2D eigenvalue weighted by Crippen LogP contribution is -2.21. The molecule has 0 aliphatic carbocycles. The summed E-state index contributed by atoms with van der Waals surface area (Å²) in [7, 11) is 1.66. The number of aromatic nitrogens is 2. The Hall–Kier alpha value is -2.61. The molecule has 1 saturated heterocycles. The molecule has 2 aromatic rings. The number of anilines is 1. The van der Waals surface area contributed by atoms with Crippen LogP contribution in [0, 0.1) is 18.3 Å². The van der Waals surface area contributed by atoms with E-state index in [0.717, 1.165) is 48.5 Å². The van der Waals surface area contributed by atoms with E-state index in [0.29, 0.717) is 11.6 Å². The van der Waals surface area contributed by atoms with E-state index in [-0.39, 0.29) is 0 Å². The number of ether oxygens (including phenoxy) is 1. The fourth-order valence-corrected chi connectivity index (χ4v) is 2.74. The number of rotatable bonds is 3. The molecule has 0 radical (unpaired) electrons. The van der Waals surface area contributed by atoms with Crippen molar-refractivity contribution in [2.24, 2.45) is 0 Å². The van der Waals surface area contributed by atoms with Gasteiger partial charge in [0.05, 0.1) is 12.8 Å². The molecule has 0 atom stereocenters. The molecule has 1 aliphatic heterocycles. The predicted octanol–water partition coefficient (Wildman–Crippen LogP) is 2.93. The molecule has 112 valence electrons. The second-order valence-corrected chi connectivity index (χ2v) is 5.43. The maximum atomic E-state index is 9.23. The third kappa shape index (κ3) is 2.73. The first kappa shape index (κ1) is 14.3. The first-order valence-electron chi connectivity index (χ1n) is 7.40. The molecule has 0 bridgehead atoms. The summed E-state index contributed by atoms with van der Waals surface area (Å²) in [6.45, 7) is 3.90. The van der Waals surface area contributed by atoms with Crippen LogP contribution in [0.3, 0.4) is 0 Å². The quantitative estimate of drug-likeness (QED) is 0.871. The average molecular weight is 294 g/mol. The SMILES string of the molecule is COc1ccc(-c2cc(C#N)nc(N3CCCC3)n2)cc1C. The summed E-state index contributed by atoms with van der Waals surface area (Å²) in [6.07, 6.45) is 2.30. The summed E-state index contributed by atoms with van der Waals surface area (Å²) in [5.41, 5.74) is 3.19. The zero-order chi connectivity index (χ0) is 15.5. The highest BCUT2D eigenvalue weighted by molar-refractivity contribution is 5.64. The van der Waals surface area contributed by atoms with Crippen molar-refractivity contribution in [2.75, 3.05) is 25.1 Å². The maximum Gasteiger partial charge on any atom is 0.227 e. The van der Waals surface area contributed by atoms with Crippen LogP contribution >= 0.6 is 0 Å². The van der Waals surface area contributed by atoms with Gasteiger partial charge in [0.2, 0.25) is 5.95 Å². The fourth-order valence-electron chi connectivity index (χ4n) is 2.74. The molecule has 0 unspecified atom stereocenters. The van der Waals surface area contributed by atoms with Crippen LogP contribution in [0.25, 0.3) is 11.3 Å². The lowest BCUT2D eigenvalue weighted by atomic mass is 10.1. The van der Waals surface area contributed by atoms with Gasteiger partial charge in [-0.15, -0.1) is 0 Å². The highest BCUT2D eigenvalue weighted by Crippen LogP contribution is 2.27. The molecule has 2 heterocycles. The van der Waals surface area contributed by atoms with Gasteiger partial charge >= 0.3 is 0 Å². The van der Waals surface area contributed by atoms with Gasteiger partial charge in [-0.05, 0) is 43.5 Å². The molecule has 5 heteroatoms. The Bertz CT molecular complexity index is 730. The average Bonchev–Trinajstić information content (AvgIpc) is 3.09. The van der Waals surface area contributed by atoms with Crippen molar-refractivity contribution in [3.8, 4) is 23.1 Å². The Balaban J connectivity index is 2.04. The molecule has 5 nitrogen and oxygen atoms in total. The van der Waals surface area contributed by atoms with Crippen molar-refractivity contribution in [2.45, 2.75) is 19.8 Å². The number of nitrogens with zero attached hydrogens (tertiary/aromatic N) is 4. The van der Waals surface area contributed by atoms with Crippen LogP contribution in [0.2, 0.25) is 0 Å². The molecule has 0 saturated carbocycles. The smallest absolute Gasteiger partial charge is 0.227 e. The lowest BCUT2D eigenvalue weighted by Gasteiger charge is -2.16. The third-order valence-corrected chi connectivity index (χ3v) is 3.91. The summed E-state index contributed by atoms with van der Waals surface area (Å²) in [4.78, 5) is 11.1. The maximum absolute atomic E-state index is 9.23. The number of aryl methyl sites for hydroxylation is 1. The van der Waals surface area contributed by atoms with E-state index in [1.165, 1.54) is 0 Å². The number of methoxy groups -OCH3 is 1. The highest BCUT2D eigenvalue weighted by atomic mass is 16.5. The van der Waals surface area contributed by atoms with E-state index in [1.807, 2.05) is 25.1 Å². The summed E-state index contributed by atoms with van der Waals surface area (Å²) in [5.74, 6) is 1.50. The Morgan fingerprint density at radius 3 is 2.59 bits per heavy atom. The normalized spacial score (nSPS) is 14.0. The van der Waals surface area contributed by atoms with E-state index >= 15 is 0 Å². The predicted molar refractivity (Wildman–Crippen MR) is 84.9 cm³/mol. The van der Waals surface area contributed by atoms with Gasteiger partial charge in [-0.3, -0.25) is 0 Å². The molecule has 0 amide bonds. The van der Waals surface area contributed by atoms with Crippen LogP contribution in [0.1, 0.15) is 24.1 Å². The molecule has 1 fully saturated rings. The molecule has 22 heavy (non-hydrogen) atoms. The van der Waals surface area contributed by atoms with Crippen molar-refractivity contribution < 1.29 is 4.74 Å². The summed E-state index contributed by atoms with van der Waals surface area (Å²) < 4.78 is 5.29. The van der Waals surface area contributed by atoms with Crippen molar-refractivity contribution >= 4 is 5.95 Å². The number of hydrogen-bond donors (Lipinski definition) is 0. The van der Waals surface area contributed by atoms with Crippen LogP contribution in [0.4, 0.5) is 5.95 Å². The van der Waals surface area contributed by atoms with Crippen LogP contribution < -0.4 is 9.64 Å². The second-order valence-electron chi connectivity index (χ2n) is 5.43. The van der Waals surface area contributed by atoms with Crippen molar-refractivity contribution in [1.82, 2.24) is 9.97 Å². The van der Waals surface area contributed by atoms with Gasteiger partial charge in [0.25, 0.3) is 0 Å². The van der Waals surface area contributed by atoms with Crippen LogP contribution in [-0.2, 0) is 0 Å². The van der Waals surface area contributed by atoms with E-state index in [9.17, 15) is 5.26 Å². The Labute approximate surface area is 130 Å². The largest absolute Gasteiger partial charge is 0.496 e. The summed E-state index contributed by atoms with van der Waals surface area (Å²) in [5, 5.41) is 9.23. The van der Waals surface area contributed by atoms with Crippen molar-refractivity contribution in [3.05, 3.63) is 35.5 Å². The number of nitriles is 1. The Morgan fingerprint density at radius 2 is 1.95 bits per heavy atom. The van der Waals surface area contributed by atoms with Gasteiger partial charge in [-0.1, -0.05) is 0 Å². The van der Waals surface area contributed by atoms with Crippen LogP contribution in [0.5, 0.6) is 5.75 Å². The second kappa shape index (κ2) is 6.02. The summed E-state index contributed by atoms with van der Waals surface area (Å²) in [6, 6.07) is 9.78. The molecule has 0 N–H and O–H groups in total. The number of benzene rings is 1. The minimum Gasteiger partial charge on any atom is -0.496 e. The van der Waals surface area contributed by atoms with Crippen LogP contribution in [0.15, 0.2) is 24.3 Å². The van der Waals surface area contributed by atoms with Gasteiger partial charge in [0.1, 0.15) is 17.5 Å². The van der Waals surface area contributed by atoms with Gasteiger partial charge in [-0.25, -0.2) is 9.97 Å². The van der Waals surface area contributed by atoms with Gasteiger partial charge < -0.3 is 9.64 Å². The van der Waals surface area contributed by atoms with Gasteiger partial charge in [-0.2, -0.15) is 5.26 Å². The zero-order valence-corrected chi connectivity index (χ0v) is 12.8. The highest BCUT2D eigenvalue weighted by Gasteiger charge is 2.17. The van der Waals surface area contributed by atoms with E-state index in [1.54, 1.807) is 13.2 Å². The van der Waals surface area contributed by atoms with E-state index in [2.05, 4.69) is 20.9 Å². The zero-order valence-electron chi connectivity index (χ0n) is 12.8. The standard InChI is InChI=1S/C17H18N4O/c1-12-9-13(5-6-16(12)22-2)15-10-14(11-18)19-17(20-15)21-7-3-4-8-21/h5-6,9-10H,3-4,7-8H2,1-2H3. The number of hydrogen-bond acceptors (Lipinski definition) is 5. The van der Waals surface area contributed by atoms with E-state index < -0.39 is 0 Å². The Morgan fingerprint density at radius 1 is 1.18 bits per heavy atom. The molecule has 1 aromatic carbocycles. The minimum absolute atomic E-state index is 0.403. The first-order valence-corrected chi connectivity index (χ1v) is 7.40. The van der Waals surface area contributed by atoms with Crippen LogP contribution in [-0.4, -0.2) is 30.2 Å². The molecule has 1 aromatic heterocycles. The van der Waals surface area contributed by atoms with E-state index in [4.69, 9.17) is 4.74 Å². The van der Waals surface area contributed by atoms with Gasteiger partial charge in [0, 0.05) is 24.7 Å². The molecule has 0 spiro atoms. The molecular weight excluding hydrogens is 276 g/mol. The monoisotopic (exact) mass is 294 g/mol. The molecule has 1 aliphatic rings. The van der Waals surface area contributed by atoms with Crippen molar-refractivity contribution in [3.63, 3.8) is 0 Å². The minimum atomic E-state index is 0.403. The Kier molecular flexibility index (Phi) is 3.92. The molecule has 3 rings (SSSR count). The summed E-state index contributed by atoms with van der Waals surface area (Å²) >= 11 is 0. The third-order valence-electron chi connectivity index (χ3n) is 3.91. The fraction of sp³-hybridized carbons (Fsp3) is 0.353.